The van der Waals surface area contributed by atoms with Gasteiger partial charge < -0.3 is 14.7 Å². The van der Waals surface area contributed by atoms with Gasteiger partial charge in [-0.1, -0.05) is 6.07 Å². The third-order valence-corrected chi connectivity index (χ3v) is 4.02. The standard InChI is InChI=1S/C18H15N5O3/c1-11(16-22-21-15-6-2-3-9-23(15)16)19-17(24)12-7-8-13(20-18(12)25)14-5-4-10-26-14/h2-11H,1H3,(H,19,24)(H,20,25). The Balaban J connectivity index is 1.57. The van der Waals surface area contributed by atoms with E-state index in [2.05, 4.69) is 20.5 Å². The predicted octanol–water partition coefficient (Wildman–Crippen LogP) is 2.17. The SMILES string of the molecule is CC(NC(=O)c1ccc(-c2ccco2)[nH]c1=O)c1nnc2ccccn12. The Hall–Kier alpha value is -3.68. The van der Waals surface area contributed by atoms with Gasteiger partial charge in [-0.2, -0.15) is 0 Å². The van der Waals surface area contributed by atoms with Crippen LogP contribution in [-0.2, 0) is 0 Å². The van der Waals surface area contributed by atoms with Crippen LogP contribution in [0.3, 0.4) is 0 Å². The van der Waals surface area contributed by atoms with Gasteiger partial charge in [-0.15, -0.1) is 10.2 Å². The fourth-order valence-corrected chi connectivity index (χ4v) is 2.72. The second-order valence-corrected chi connectivity index (χ2v) is 5.77. The number of fused-ring (bicyclic) bond motifs is 1. The van der Waals surface area contributed by atoms with E-state index >= 15 is 0 Å². The Bertz CT molecular complexity index is 1130. The van der Waals surface area contributed by atoms with Crippen molar-refractivity contribution in [2.24, 2.45) is 0 Å². The summed E-state index contributed by atoms with van der Waals surface area (Å²) in [6.07, 6.45) is 3.33. The molecule has 0 spiro atoms. The highest BCUT2D eigenvalue weighted by Crippen LogP contribution is 2.16. The van der Waals surface area contributed by atoms with Gasteiger partial charge >= 0.3 is 0 Å². The molecule has 0 aliphatic rings. The Labute approximate surface area is 147 Å². The molecule has 8 heteroatoms. The number of amides is 1. The molecule has 1 amide bonds. The molecule has 4 aromatic rings. The summed E-state index contributed by atoms with van der Waals surface area (Å²) in [7, 11) is 0. The van der Waals surface area contributed by atoms with E-state index in [0.717, 1.165) is 0 Å². The molecular weight excluding hydrogens is 334 g/mol. The predicted molar refractivity (Wildman–Crippen MR) is 93.6 cm³/mol. The lowest BCUT2D eigenvalue weighted by atomic mass is 10.2. The van der Waals surface area contributed by atoms with Crippen molar-refractivity contribution in [1.82, 2.24) is 24.9 Å². The van der Waals surface area contributed by atoms with Crippen molar-refractivity contribution in [2.45, 2.75) is 13.0 Å². The van der Waals surface area contributed by atoms with Gasteiger partial charge in [-0.25, -0.2) is 0 Å². The summed E-state index contributed by atoms with van der Waals surface area (Å²) in [5.41, 5.74) is 0.716. The smallest absolute Gasteiger partial charge is 0.261 e. The fraction of sp³-hybridized carbons (Fsp3) is 0.111. The average Bonchev–Trinajstić information content (AvgIpc) is 3.31. The first kappa shape index (κ1) is 15.8. The summed E-state index contributed by atoms with van der Waals surface area (Å²) in [4.78, 5) is 27.4. The Morgan fingerprint density at radius 3 is 2.85 bits per heavy atom. The molecule has 4 heterocycles. The van der Waals surface area contributed by atoms with E-state index in [4.69, 9.17) is 4.42 Å². The van der Waals surface area contributed by atoms with Gasteiger partial charge in [0.2, 0.25) is 0 Å². The Morgan fingerprint density at radius 1 is 1.19 bits per heavy atom. The number of hydrogen-bond acceptors (Lipinski definition) is 5. The number of rotatable bonds is 4. The summed E-state index contributed by atoms with van der Waals surface area (Å²) < 4.78 is 7.03. The van der Waals surface area contributed by atoms with Crippen molar-refractivity contribution in [3.8, 4) is 11.5 Å². The summed E-state index contributed by atoms with van der Waals surface area (Å²) in [6, 6.07) is 11.7. The summed E-state index contributed by atoms with van der Waals surface area (Å²) in [5.74, 6) is 0.618. The van der Waals surface area contributed by atoms with Crippen molar-refractivity contribution in [1.29, 1.82) is 0 Å². The Morgan fingerprint density at radius 2 is 2.08 bits per heavy atom. The number of pyridine rings is 2. The zero-order valence-corrected chi connectivity index (χ0v) is 13.8. The molecule has 130 valence electrons. The van der Waals surface area contributed by atoms with Crippen LogP contribution < -0.4 is 10.9 Å². The normalized spacial score (nSPS) is 12.2. The van der Waals surface area contributed by atoms with Crippen LogP contribution in [0.25, 0.3) is 17.1 Å². The molecule has 26 heavy (non-hydrogen) atoms. The van der Waals surface area contributed by atoms with Gasteiger partial charge in [-0.05, 0) is 43.3 Å². The maximum absolute atomic E-state index is 12.5. The van der Waals surface area contributed by atoms with Gasteiger partial charge in [0.25, 0.3) is 11.5 Å². The van der Waals surface area contributed by atoms with Crippen LogP contribution in [0.15, 0.2) is 64.1 Å². The minimum absolute atomic E-state index is 0.0148. The number of nitrogens with one attached hydrogen (secondary N) is 2. The molecular formula is C18H15N5O3. The van der Waals surface area contributed by atoms with E-state index in [1.165, 1.54) is 12.3 Å². The summed E-state index contributed by atoms with van der Waals surface area (Å²) >= 11 is 0. The number of nitrogens with zero attached hydrogens (tertiary/aromatic N) is 3. The Kier molecular flexibility index (Phi) is 3.85. The van der Waals surface area contributed by atoms with Crippen LogP contribution >= 0.6 is 0 Å². The van der Waals surface area contributed by atoms with Gasteiger partial charge in [-0.3, -0.25) is 14.0 Å². The van der Waals surface area contributed by atoms with E-state index in [-0.39, 0.29) is 5.56 Å². The largest absolute Gasteiger partial charge is 0.463 e. The second kappa shape index (κ2) is 6.32. The molecule has 4 aromatic heterocycles. The number of carbonyl (C=O) groups excluding carboxylic acids is 1. The highest BCUT2D eigenvalue weighted by atomic mass is 16.3. The van der Waals surface area contributed by atoms with Gasteiger partial charge in [0, 0.05) is 6.20 Å². The molecule has 0 bridgehead atoms. The lowest BCUT2D eigenvalue weighted by Crippen LogP contribution is -2.32. The quantitative estimate of drug-likeness (QED) is 0.587. The minimum atomic E-state index is -0.491. The monoisotopic (exact) mass is 349 g/mol. The minimum Gasteiger partial charge on any atom is -0.463 e. The van der Waals surface area contributed by atoms with Crippen LogP contribution in [0.4, 0.5) is 0 Å². The zero-order chi connectivity index (χ0) is 18.1. The first-order valence-corrected chi connectivity index (χ1v) is 8.01. The molecule has 0 radical (unpaired) electrons. The molecule has 8 nitrogen and oxygen atoms in total. The van der Waals surface area contributed by atoms with E-state index in [1.807, 2.05) is 24.4 Å². The first-order chi connectivity index (χ1) is 12.6. The van der Waals surface area contributed by atoms with Crippen molar-refractivity contribution in [2.75, 3.05) is 0 Å². The number of carbonyl (C=O) groups is 1. The fourth-order valence-electron chi connectivity index (χ4n) is 2.72. The maximum atomic E-state index is 12.5. The topological polar surface area (TPSA) is 105 Å². The van der Waals surface area contributed by atoms with E-state index in [1.54, 1.807) is 29.5 Å². The van der Waals surface area contributed by atoms with Gasteiger partial charge in [0.05, 0.1) is 18.0 Å². The number of furan rings is 1. The van der Waals surface area contributed by atoms with Gasteiger partial charge in [0.1, 0.15) is 11.3 Å². The lowest BCUT2D eigenvalue weighted by Gasteiger charge is -2.12. The van der Waals surface area contributed by atoms with Crippen LogP contribution in [0.5, 0.6) is 0 Å². The molecule has 0 aliphatic heterocycles. The van der Waals surface area contributed by atoms with E-state index in [9.17, 15) is 9.59 Å². The van der Waals surface area contributed by atoms with Crippen molar-refractivity contribution >= 4 is 11.6 Å². The molecule has 0 fully saturated rings. The van der Waals surface area contributed by atoms with Crippen molar-refractivity contribution in [3.63, 3.8) is 0 Å². The number of aromatic amines is 1. The van der Waals surface area contributed by atoms with E-state index < -0.39 is 17.5 Å². The number of aromatic nitrogens is 4. The third-order valence-electron chi connectivity index (χ3n) is 4.02. The summed E-state index contributed by atoms with van der Waals surface area (Å²) in [6.45, 7) is 1.78. The lowest BCUT2D eigenvalue weighted by molar-refractivity contribution is 0.0936. The van der Waals surface area contributed by atoms with Crippen LogP contribution in [0, 0.1) is 0 Å². The van der Waals surface area contributed by atoms with Crippen LogP contribution in [0.2, 0.25) is 0 Å². The van der Waals surface area contributed by atoms with Crippen molar-refractivity contribution < 1.29 is 9.21 Å². The van der Waals surface area contributed by atoms with Gasteiger partial charge in [0.15, 0.2) is 11.5 Å². The molecule has 0 aromatic carbocycles. The molecule has 0 saturated carbocycles. The number of H-pyrrole nitrogens is 1. The maximum Gasteiger partial charge on any atom is 0.261 e. The van der Waals surface area contributed by atoms with Crippen molar-refractivity contribution in [3.05, 3.63) is 76.7 Å². The van der Waals surface area contributed by atoms with E-state index in [0.29, 0.717) is 22.9 Å². The van der Waals surface area contributed by atoms with Crippen LogP contribution in [0.1, 0.15) is 29.1 Å². The molecule has 2 N–H and O–H groups in total. The highest BCUT2D eigenvalue weighted by Gasteiger charge is 2.19. The first-order valence-electron chi connectivity index (χ1n) is 8.01. The zero-order valence-electron chi connectivity index (χ0n) is 13.8. The molecule has 0 aliphatic carbocycles. The average molecular weight is 349 g/mol. The third kappa shape index (κ3) is 2.77. The molecule has 4 rings (SSSR count). The highest BCUT2D eigenvalue weighted by molar-refractivity contribution is 5.94. The molecule has 0 saturated heterocycles. The molecule has 1 atom stereocenters. The second-order valence-electron chi connectivity index (χ2n) is 5.77. The summed E-state index contributed by atoms with van der Waals surface area (Å²) in [5, 5.41) is 11.0. The van der Waals surface area contributed by atoms with Crippen LogP contribution in [-0.4, -0.2) is 25.5 Å². The number of hydrogen-bond donors (Lipinski definition) is 2. The molecule has 1 unspecified atom stereocenters.